The smallest absolute Gasteiger partial charge is 0.319 e. The molecule has 0 aliphatic carbocycles. The summed E-state index contributed by atoms with van der Waals surface area (Å²) >= 11 is 0. The summed E-state index contributed by atoms with van der Waals surface area (Å²) in [6.45, 7) is 5.11. The zero-order chi connectivity index (χ0) is 32.7. The topological polar surface area (TPSA) is 97.0 Å². The zero-order valence-corrected chi connectivity index (χ0v) is 26.1. The molecule has 5 heterocycles. The van der Waals surface area contributed by atoms with Crippen LogP contribution in [-0.4, -0.2) is 82.7 Å². The molecule has 47 heavy (non-hydrogen) atoms. The van der Waals surface area contributed by atoms with E-state index < -0.39 is 34.8 Å². The van der Waals surface area contributed by atoms with E-state index in [-0.39, 0.29) is 57.7 Å². The third-order valence-corrected chi connectivity index (χ3v) is 11.0. The molecule has 0 amide bonds. The summed E-state index contributed by atoms with van der Waals surface area (Å²) in [5.41, 5.74) is 5.53. The number of halogens is 4. The molecule has 8 rings (SSSR count). The van der Waals surface area contributed by atoms with Crippen LogP contribution in [0.25, 0.3) is 32.8 Å². The molecule has 8 nitrogen and oxygen atoms in total. The maximum Gasteiger partial charge on any atom is 0.319 e. The Morgan fingerprint density at radius 3 is 2.60 bits per heavy atom. The van der Waals surface area contributed by atoms with Gasteiger partial charge in [0.25, 0.3) is 0 Å². The predicted molar refractivity (Wildman–Crippen MR) is 170 cm³/mol. The van der Waals surface area contributed by atoms with Crippen molar-refractivity contribution in [2.45, 2.75) is 62.4 Å². The molecule has 0 unspecified atom stereocenters. The van der Waals surface area contributed by atoms with Gasteiger partial charge in [-0.3, -0.25) is 4.90 Å². The standard InChI is InChI=1S/C35H37F4N5O3/c1-19-17-47-35(31(19)40)8-11-43(12-9-35)32-24-5-4-23(25-14-22(45)13-20-3-6-26(37)29(39)27(20)25)28(38)30(24)41-33(42-32)46-18-34-7-2-10-44(34)16-21(36)15-34/h3-6,13-14,19,21,31,45H,2,7-12,15-18,40H2,1H3/t19-,21-,31-,34+/m1/s1. The van der Waals surface area contributed by atoms with Gasteiger partial charge in [0.15, 0.2) is 17.5 Å². The second-order valence-corrected chi connectivity index (χ2v) is 13.8. The van der Waals surface area contributed by atoms with Crippen LogP contribution >= 0.6 is 0 Å². The van der Waals surface area contributed by atoms with Crippen molar-refractivity contribution >= 4 is 27.5 Å². The Morgan fingerprint density at radius 2 is 1.83 bits per heavy atom. The number of fused-ring (bicyclic) bond motifs is 3. The quantitative estimate of drug-likeness (QED) is 0.259. The summed E-state index contributed by atoms with van der Waals surface area (Å²) in [7, 11) is 0. The average Bonchev–Trinajstić information content (AvgIpc) is 3.68. The highest BCUT2D eigenvalue weighted by Gasteiger charge is 2.50. The minimum Gasteiger partial charge on any atom is -0.508 e. The van der Waals surface area contributed by atoms with Gasteiger partial charge in [0, 0.05) is 48.4 Å². The summed E-state index contributed by atoms with van der Waals surface area (Å²) in [6, 6.07) is 7.81. The number of nitrogens with zero attached hydrogens (tertiary/aromatic N) is 4. The van der Waals surface area contributed by atoms with Crippen LogP contribution in [0.3, 0.4) is 0 Å². The summed E-state index contributed by atoms with van der Waals surface area (Å²) in [5.74, 6) is -2.53. The Balaban J connectivity index is 1.22. The number of phenols is 1. The van der Waals surface area contributed by atoms with E-state index in [2.05, 4.69) is 16.8 Å². The van der Waals surface area contributed by atoms with Crippen molar-refractivity contribution in [1.82, 2.24) is 14.9 Å². The lowest BCUT2D eigenvalue weighted by Gasteiger charge is -2.42. The average molecular weight is 652 g/mol. The first kappa shape index (κ1) is 30.6. The van der Waals surface area contributed by atoms with Gasteiger partial charge in [0.1, 0.15) is 29.9 Å². The first-order chi connectivity index (χ1) is 22.6. The van der Waals surface area contributed by atoms with E-state index in [1.54, 1.807) is 6.07 Å². The largest absolute Gasteiger partial charge is 0.508 e. The predicted octanol–water partition coefficient (Wildman–Crippen LogP) is 5.86. The lowest BCUT2D eigenvalue weighted by molar-refractivity contribution is -0.0232. The van der Waals surface area contributed by atoms with Gasteiger partial charge in [-0.1, -0.05) is 19.1 Å². The van der Waals surface area contributed by atoms with E-state index >= 15 is 8.78 Å². The highest BCUT2D eigenvalue weighted by Crippen LogP contribution is 2.44. The van der Waals surface area contributed by atoms with Gasteiger partial charge < -0.3 is 25.2 Å². The van der Waals surface area contributed by atoms with E-state index in [9.17, 15) is 13.9 Å². The molecule has 0 radical (unpaired) electrons. The summed E-state index contributed by atoms with van der Waals surface area (Å²) < 4.78 is 73.2. The molecule has 12 heteroatoms. The highest BCUT2D eigenvalue weighted by atomic mass is 19.2. The van der Waals surface area contributed by atoms with Crippen molar-refractivity contribution in [3.63, 3.8) is 0 Å². The van der Waals surface area contributed by atoms with E-state index in [0.717, 1.165) is 25.5 Å². The minimum absolute atomic E-state index is 0.0131. The van der Waals surface area contributed by atoms with Crippen LogP contribution in [0.2, 0.25) is 0 Å². The number of piperidine rings is 1. The molecule has 4 fully saturated rings. The van der Waals surface area contributed by atoms with Crippen LogP contribution < -0.4 is 15.4 Å². The molecular formula is C35H37F4N5O3. The molecule has 4 aliphatic heterocycles. The SMILES string of the molecule is C[C@@H]1COC2(CCN(c3nc(OC[C@@]45CCCN4C[C@H](F)C5)nc4c(F)c(-c5cc(O)cc6ccc(F)c(F)c56)ccc34)CC2)[C@@H]1N. The Morgan fingerprint density at radius 1 is 1.02 bits per heavy atom. The monoisotopic (exact) mass is 651 g/mol. The Hall–Kier alpha value is -3.74. The number of hydrogen-bond acceptors (Lipinski definition) is 8. The lowest BCUT2D eigenvalue weighted by atomic mass is 9.81. The Bertz CT molecular complexity index is 1890. The van der Waals surface area contributed by atoms with Gasteiger partial charge in [-0.05, 0) is 73.4 Å². The van der Waals surface area contributed by atoms with Crippen molar-refractivity contribution in [3.8, 4) is 22.9 Å². The first-order valence-electron chi connectivity index (χ1n) is 16.4. The van der Waals surface area contributed by atoms with E-state index in [1.165, 1.54) is 24.3 Å². The minimum atomic E-state index is -1.14. The van der Waals surface area contributed by atoms with E-state index in [0.29, 0.717) is 56.7 Å². The molecule has 0 saturated carbocycles. The fourth-order valence-electron chi connectivity index (χ4n) is 8.47. The molecule has 3 aromatic carbocycles. The van der Waals surface area contributed by atoms with Gasteiger partial charge >= 0.3 is 6.01 Å². The third kappa shape index (κ3) is 4.90. The van der Waals surface area contributed by atoms with Crippen LogP contribution in [0.4, 0.5) is 23.4 Å². The number of nitrogens with two attached hydrogens (primary N) is 1. The molecule has 3 N–H and O–H groups in total. The normalized spacial score (nSPS) is 27.4. The van der Waals surface area contributed by atoms with E-state index in [4.69, 9.17) is 20.2 Å². The maximum absolute atomic E-state index is 16.8. The van der Waals surface area contributed by atoms with Gasteiger partial charge in [0.2, 0.25) is 0 Å². The fourth-order valence-corrected chi connectivity index (χ4v) is 8.47. The summed E-state index contributed by atoms with van der Waals surface area (Å²) in [4.78, 5) is 13.5. The maximum atomic E-state index is 16.8. The molecular weight excluding hydrogens is 614 g/mol. The van der Waals surface area contributed by atoms with Crippen molar-refractivity contribution in [2.75, 3.05) is 44.3 Å². The van der Waals surface area contributed by atoms with Gasteiger partial charge in [-0.2, -0.15) is 9.97 Å². The van der Waals surface area contributed by atoms with Gasteiger partial charge in [0.05, 0.1) is 17.7 Å². The van der Waals surface area contributed by atoms with Crippen LogP contribution in [0.1, 0.15) is 39.0 Å². The Labute approximate surface area is 269 Å². The number of benzene rings is 3. The number of alkyl halides is 1. The number of phenolic OH excluding ortho intramolecular Hbond substituents is 1. The summed E-state index contributed by atoms with van der Waals surface area (Å²) in [6.07, 6.45) is 2.46. The third-order valence-electron chi connectivity index (χ3n) is 11.0. The lowest BCUT2D eigenvalue weighted by Crippen LogP contribution is -2.54. The van der Waals surface area contributed by atoms with Crippen LogP contribution in [0.5, 0.6) is 11.8 Å². The highest BCUT2D eigenvalue weighted by molar-refractivity contribution is 6.01. The second-order valence-electron chi connectivity index (χ2n) is 13.8. The number of hydrogen-bond donors (Lipinski definition) is 2. The van der Waals surface area contributed by atoms with Gasteiger partial charge in [-0.15, -0.1) is 0 Å². The second kappa shape index (κ2) is 11.2. The molecule has 1 spiro atoms. The molecule has 1 aromatic heterocycles. The number of aromatic nitrogens is 2. The Kier molecular flexibility index (Phi) is 7.27. The van der Waals surface area contributed by atoms with Crippen molar-refractivity contribution in [2.24, 2.45) is 11.7 Å². The number of aromatic hydroxyl groups is 1. The number of ether oxygens (including phenoxy) is 2. The van der Waals surface area contributed by atoms with E-state index in [1.807, 2.05) is 4.90 Å². The van der Waals surface area contributed by atoms with Crippen molar-refractivity contribution in [1.29, 1.82) is 0 Å². The zero-order valence-electron chi connectivity index (χ0n) is 26.1. The fraction of sp³-hybridized carbons (Fsp3) is 0.486. The van der Waals surface area contributed by atoms with Crippen LogP contribution in [-0.2, 0) is 4.74 Å². The molecule has 248 valence electrons. The van der Waals surface area contributed by atoms with Crippen LogP contribution in [0.15, 0.2) is 36.4 Å². The van der Waals surface area contributed by atoms with Crippen molar-refractivity contribution in [3.05, 3.63) is 53.8 Å². The molecule has 4 aliphatic rings. The molecule has 4 saturated heterocycles. The first-order valence-corrected chi connectivity index (χ1v) is 16.4. The summed E-state index contributed by atoms with van der Waals surface area (Å²) in [5, 5.41) is 10.9. The number of rotatable bonds is 5. The number of anilines is 1. The molecule has 0 bridgehead atoms. The van der Waals surface area contributed by atoms with Crippen LogP contribution in [0, 0.1) is 23.4 Å². The van der Waals surface area contributed by atoms with Gasteiger partial charge in [-0.25, -0.2) is 17.6 Å². The molecule has 4 aromatic rings. The molecule has 4 atom stereocenters. The van der Waals surface area contributed by atoms with Crippen molar-refractivity contribution < 1.29 is 32.1 Å².